The molecule has 0 rings (SSSR count). The Hall–Kier alpha value is -1.94. The van der Waals surface area contributed by atoms with Gasteiger partial charge in [-0.3, -0.25) is 37.3 Å². The van der Waals surface area contributed by atoms with Crippen molar-refractivity contribution in [1.82, 2.24) is 0 Å². The first-order valence-corrected chi connectivity index (χ1v) is 39.7. The second-order valence-electron chi connectivity index (χ2n) is 27.5. The van der Waals surface area contributed by atoms with Crippen LogP contribution in [0.15, 0.2) is 0 Å². The second-order valence-corrected chi connectivity index (χ2v) is 30.4. The number of rotatable bonds is 68. The lowest BCUT2D eigenvalue weighted by Gasteiger charge is -2.21. The van der Waals surface area contributed by atoms with Crippen LogP contribution in [0.4, 0.5) is 0 Å². The van der Waals surface area contributed by atoms with Crippen LogP contribution >= 0.6 is 15.6 Å². The lowest BCUT2D eigenvalue weighted by molar-refractivity contribution is -0.161. The van der Waals surface area contributed by atoms with Gasteiger partial charge in [-0.2, -0.15) is 0 Å². The quantitative estimate of drug-likeness (QED) is 0.0222. The average Bonchev–Trinajstić information content (AvgIpc) is 3.57. The summed E-state index contributed by atoms with van der Waals surface area (Å²) in [4.78, 5) is 72.5. The Labute approximate surface area is 549 Å². The second kappa shape index (κ2) is 60.7. The van der Waals surface area contributed by atoms with E-state index < -0.39 is 97.5 Å². The van der Waals surface area contributed by atoms with E-state index in [-0.39, 0.29) is 25.7 Å². The van der Waals surface area contributed by atoms with Gasteiger partial charge in [-0.1, -0.05) is 299 Å². The first-order valence-electron chi connectivity index (χ1n) is 36.7. The third-order valence-corrected chi connectivity index (χ3v) is 18.2. The maximum absolute atomic E-state index is 13.0. The van der Waals surface area contributed by atoms with Crippen molar-refractivity contribution in [3.05, 3.63) is 0 Å². The largest absolute Gasteiger partial charge is 0.472 e. The highest BCUT2D eigenvalue weighted by Gasteiger charge is 2.30. The normalized spacial score (nSPS) is 14.3. The molecule has 3 unspecified atom stereocenters. The molecule has 534 valence electrons. The summed E-state index contributed by atoms with van der Waals surface area (Å²) >= 11 is 0. The van der Waals surface area contributed by atoms with Gasteiger partial charge in [-0.05, 0) is 49.4 Å². The monoisotopic (exact) mass is 1320 g/mol. The molecule has 0 aliphatic carbocycles. The molecule has 90 heavy (non-hydrogen) atoms. The molecule has 17 nitrogen and oxygen atoms in total. The van der Waals surface area contributed by atoms with E-state index in [1.54, 1.807) is 0 Å². The van der Waals surface area contributed by atoms with Crippen LogP contribution in [0.2, 0.25) is 0 Å². The Bertz CT molecular complexity index is 1780. The van der Waals surface area contributed by atoms with E-state index in [0.29, 0.717) is 31.6 Å². The molecule has 0 saturated heterocycles. The molecule has 3 N–H and O–H groups in total. The Morgan fingerprint density at radius 2 is 0.467 bits per heavy atom. The molecule has 0 aromatic carbocycles. The molecule has 0 aliphatic rings. The number of phosphoric acid groups is 2. The Balaban J connectivity index is 5.19. The first-order chi connectivity index (χ1) is 43.1. The van der Waals surface area contributed by atoms with Crippen molar-refractivity contribution in [2.75, 3.05) is 39.6 Å². The SMILES string of the molecule is CC(C)CCCCCCCCCCCCCCCCCC(=O)OC[C@H](COP(=O)(O)OCC(O)COP(=O)(O)OC[C@@H](COC(=O)CCCCCCCCCCC(C)C)OC(=O)CCCCCCCCCCC(C)C)OC(=O)CCCCCCCCCC(C)C. The number of carbonyl (C=O) groups excluding carboxylic acids is 4. The fraction of sp³-hybridized carbons (Fsp3) is 0.944. The third-order valence-electron chi connectivity index (χ3n) is 16.3. The number of ether oxygens (including phenoxy) is 4. The van der Waals surface area contributed by atoms with Crippen LogP contribution in [-0.4, -0.2) is 96.7 Å². The van der Waals surface area contributed by atoms with E-state index in [2.05, 4.69) is 55.4 Å². The molecule has 0 amide bonds. The number of phosphoric ester groups is 2. The molecule has 0 spiro atoms. The van der Waals surface area contributed by atoms with Gasteiger partial charge in [-0.15, -0.1) is 0 Å². The number of unbranched alkanes of at least 4 members (excludes halogenated alkanes) is 34. The molecule has 0 bridgehead atoms. The zero-order valence-corrected chi connectivity index (χ0v) is 60.6. The van der Waals surface area contributed by atoms with Gasteiger partial charge in [0.1, 0.15) is 19.3 Å². The Morgan fingerprint density at radius 3 is 0.689 bits per heavy atom. The highest BCUT2D eigenvalue weighted by molar-refractivity contribution is 7.47. The summed E-state index contributed by atoms with van der Waals surface area (Å²) in [6.45, 7) is 14.0. The summed E-state index contributed by atoms with van der Waals surface area (Å²) in [6, 6.07) is 0. The molecule has 0 radical (unpaired) electrons. The molecule has 0 aliphatic heterocycles. The average molecular weight is 1330 g/mol. The van der Waals surface area contributed by atoms with E-state index >= 15 is 0 Å². The van der Waals surface area contributed by atoms with E-state index in [4.69, 9.17) is 37.0 Å². The van der Waals surface area contributed by atoms with Crippen molar-refractivity contribution < 1.29 is 80.2 Å². The molecule has 0 heterocycles. The number of carbonyl (C=O) groups is 4. The predicted molar refractivity (Wildman–Crippen MR) is 363 cm³/mol. The number of aliphatic hydroxyl groups excluding tert-OH is 1. The van der Waals surface area contributed by atoms with Gasteiger partial charge in [0.2, 0.25) is 0 Å². The van der Waals surface area contributed by atoms with Crippen molar-refractivity contribution >= 4 is 39.5 Å². The minimum atomic E-state index is -4.95. The van der Waals surface area contributed by atoms with Crippen molar-refractivity contribution in [2.24, 2.45) is 23.7 Å². The standard InChI is InChI=1S/C71H138O17P2/c1-61(2)47-39-31-23-16-14-12-10-9-11-13-15-17-27-35-43-51-68(73)81-58-67(88-71(76)54-46-38-30-22-26-34-42-50-64(7)8)60-86-90(79,80)84-56-65(72)55-83-89(77,78)85-59-66(87-70(75)53-45-37-29-21-19-25-33-41-49-63(5)6)57-82-69(74)52-44-36-28-20-18-24-32-40-48-62(3)4/h61-67,72H,9-60H2,1-8H3,(H,77,78)(H,79,80)/t65?,66-,67-/m1/s1. The van der Waals surface area contributed by atoms with Gasteiger partial charge >= 0.3 is 39.5 Å². The van der Waals surface area contributed by atoms with Crippen LogP contribution in [0, 0.1) is 23.7 Å². The number of esters is 4. The molecular weight excluding hydrogens is 1190 g/mol. The van der Waals surface area contributed by atoms with Crippen LogP contribution in [0.3, 0.4) is 0 Å². The van der Waals surface area contributed by atoms with Gasteiger partial charge < -0.3 is 33.8 Å². The fourth-order valence-electron chi connectivity index (χ4n) is 10.7. The van der Waals surface area contributed by atoms with Crippen LogP contribution in [-0.2, 0) is 65.4 Å². The van der Waals surface area contributed by atoms with E-state index in [1.807, 2.05) is 0 Å². The minimum absolute atomic E-state index is 0.103. The van der Waals surface area contributed by atoms with Crippen molar-refractivity contribution in [2.45, 2.75) is 369 Å². The zero-order valence-electron chi connectivity index (χ0n) is 58.8. The van der Waals surface area contributed by atoms with E-state index in [9.17, 15) is 43.2 Å². The van der Waals surface area contributed by atoms with Gasteiger partial charge in [0.05, 0.1) is 26.4 Å². The number of hydrogen-bond donors (Lipinski definition) is 3. The van der Waals surface area contributed by atoms with Crippen LogP contribution in [0.25, 0.3) is 0 Å². The zero-order chi connectivity index (χ0) is 66.8. The molecule has 5 atom stereocenters. The molecule has 0 saturated carbocycles. The summed E-state index contributed by atoms with van der Waals surface area (Å²) in [6.07, 6.45) is 43.3. The van der Waals surface area contributed by atoms with Crippen LogP contribution < -0.4 is 0 Å². The summed E-state index contributed by atoms with van der Waals surface area (Å²) in [5, 5.41) is 10.6. The maximum atomic E-state index is 13.0. The summed E-state index contributed by atoms with van der Waals surface area (Å²) < 4.78 is 68.3. The topological polar surface area (TPSA) is 237 Å². The van der Waals surface area contributed by atoms with Crippen LogP contribution in [0.5, 0.6) is 0 Å². The van der Waals surface area contributed by atoms with E-state index in [0.717, 1.165) is 108 Å². The molecular formula is C71H138O17P2. The predicted octanol–water partition coefficient (Wildman–Crippen LogP) is 20.1. The smallest absolute Gasteiger partial charge is 0.462 e. The fourth-order valence-corrected chi connectivity index (χ4v) is 12.2. The molecule has 0 aromatic rings. The Kier molecular flexibility index (Phi) is 59.4. The summed E-state index contributed by atoms with van der Waals surface area (Å²) in [5.41, 5.74) is 0. The highest BCUT2D eigenvalue weighted by Crippen LogP contribution is 2.45. The van der Waals surface area contributed by atoms with Crippen molar-refractivity contribution in [3.63, 3.8) is 0 Å². The summed E-state index contributed by atoms with van der Waals surface area (Å²) in [5.74, 6) is 0.814. The lowest BCUT2D eigenvalue weighted by atomic mass is 10.0. The highest BCUT2D eigenvalue weighted by atomic mass is 31.2. The van der Waals surface area contributed by atoms with Crippen LogP contribution in [0.1, 0.15) is 351 Å². The van der Waals surface area contributed by atoms with Gasteiger partial charge in [0.15, 0.2) is 12.2 Å². The van der Waals surface area contributed by atoms with Crippen molar-refractivity contribution in [3.8, 4) is 0 Å². The Morgan fingerprint density at radius 1 is 0.278 bits per heavy atom. The number of hydrogen-bond acceptors (Lipinski definition) is 15. The minimum Gasteiger partial charge on any atom is -0.462 e. The third kappa shape index (κ3) is 64.8. The van der Waals surface area contributed by atoms with Gasteiger partial charge in [-0.25, -0.2) is 9.13 Å². The maximum Gasteiger partial charge on any atom is 0.472 e. The number of aliphatic hydroxyl groups is 1. The van der Waals surface area contributed by atoms with Gasteiger partial charge in [0.25, 0.3) is 0 Å². The molecule has 0 fully saturated rings. The van der Waals surface area contributed by atoms with E-state index in [1.165, 1.54) is 154 Å². The molecule has 19 heteroatoms. The summed E-state index contributed by atoms with van der Waals surface area (Å²) in [7, 11) is -9.90. The molecule has 0 aromatic heterocycles. The van der Waals surface area contributed by atoms with Crippen molar-refractivity contribution in [1.29, 1.82) is 0 Å². The first kappa shape index (κ1) is 88.1. The lowest BCUT2D eigenvalue weighted by Crippen LogP contribution is -2.30. The van der Waals surface area contributed by atoms with Gasteiger partial charge in [0, 0.05) is 25.7 Å².